The predicted octanol–water partition coefficient (Wildman–Crippen LogP) is 1.55. The minimum Gasteiger partial charge on any atom is -0.316 e. The Morgan fingerprint density at radius 1 is 0.938 bits per heavy atom. The lowest BCUT2D eigenvalue weighted by Gasteiger charge is -2.29. The summed E-state index contributed by atoms with van der Waals surface area (Å²) in [5.74, 6) is 0.920. The summed E-state index contributed by atoms with van der Waals surface area (Å²) in [5, 5.41) is 6.80. The van der Waals surface area contributed by atoms with Crippen molar-refractivity contribution in [3.8, 4) is 0 Å². The molecule has 3 heteroatoms. The van der Waals surface area contributed by atoms with E-state index in [1.165, 1.54) is 52.2 Å². The second kappa shape index (κ2) is 11.4. The summed E-state index contributed by atoms with van der Waals surface area (Å²) in [6.07, 6.45) is 1.38. The Hall–Kier alpha value is -0.120. The van der Waals surface area contributed by atoms with Crippen molar-refractivity contribution < 1.29 is 0 Å². The van der Waals surface area contributed by atoms with E-state index in [4.69, 9.17) is 0 Å². The fraction of sp³-hybridized carbons (Fsp3) is 1.00. The molecule has 0 spiro atoms. The average Bonchev–Trinajstić information content (AvgIpc) is 2.88. The number of hydrogen-bond donors (Lipinski definition) is 2. The van der Waals surface area contributed by atoms with E-state index in [1.54, 1.807) is 0 Å². The first-order valence-corrected chi connectivity index (χ1v) is 7.09. The van der Waals surface area contributed by atoms with Gasteiger partial charge in [-0.2, -0.15) is 0 Å². The summed E-state index contributed by atoms with van der Waals surface area (Å²) < 4.78 is 0. The molecule has 0 aromatic rings. The highest BCUT2D eigenvalue weighted by Gasteiger charge is 2.18. The summed E-state index contributed by atoms with van der Waals surface area (Å²) in [6.45, 7) is 16.6. The molecule has 0 aromatic carbocycles. The molecule has 98 valence electrons. The standard InChI is InChI=1S/C9H19N3.2C2H6/c1-2-11-7-9(1)8-12-5-3-10-4-6-12;2*1-2/h9-11H,1-8H2;2*1-2H3/t9-;;/m0../s1. The largest absolute Gasteiger partial charge is 0.316 e. The zero-order valence-electron chi connectivity index (χ0n) is 11.7. The second-order valence-electron chi connectivity index (χ2n) is 3.91. The Bertz CT molecular complexity index is 127. The molecule has 0 radical (unpaired) electrons. The topological polar surface area (TPSA) is 27.3 Å². The number of rotatable bonds is 2. The lowest BCUT2D eigenvalue weighted by Crippen LogP contribution is -2.45. The maximum Gasteiger partial charge on any atom is 0.0107 e. The van der Waals surface area contributed by atoms with Gasteiger partial charge in [0.15, 0.2) is 0 Å². The lowest BCUT2D eigenvalue weighted by molar-refractivity contribution is 0.211. The van der Waals surface area contributed by atoms with Crippen LogP contribution in [0, 0.1) is 5.92 Å². The highest BCUT2D eigenvalue weighted by molar-refractivity contribution is 4.77. The van der Waals surface area contributed by atoms with Crippen LogP contribution in [0.2, 0.25) is 0 Å². The Kier molecular flexibility index (Phi) is 11.3. The fourth-order valence-electron chi connectivity index (χ4n) is 2.13. The third-order valence-corrected chi connectivity index (χ3v) is 2.89. The molecule has 2 heterocycles. The molecule has 2 aliphatic heterocycles. The summed E-state index contributed by atoms with van der Waals surface area (Å²) >= 11 is 0. The summed E-state index contributed by atoms with van der Waals surface area (Å²) in [5.41, 5.74) is 0. The van der Waals surface area contributed by atoms with Crippen molar-refractivity contribution in [2.45, 2.75) is 34.1 Å². The van der Waals surface area contributed by atoms with Crippen molar-refractivity contribution in [3.63, 3.8) is 0 Å². The van der Waals surface area contributed by atoms with Crippen LogP contribution in [0.5, 0.6) is 0 Å². The Labute approximate surface area is 102 Å². The van der Waals surface area contributed by atoms with Crippen molar-refractivity contribution >= 4 is 0 Å². The molecule has 16 heavy (non-hydrogen) atoms. The predicted molar refractivity (Wildman–Crippen MR) is 73.0 cm³/mol. The van der Waals surface area contributed by atoms with Crippen molar-refractivity contribution in [1.82, 2.24) is 15.5 Å². The molecule has 2 fully saturated rings. The van der Waals surface area contributed by atoms with E-state index in [9.17, 15) is 0 Å². The maximum absolute atomic E-state index is 3.42. The van der Waals surface area contributed by atoms with E-state index >= 15 is 0 Å². The van der Waals surface area contributed by atoms with Gasteiger partial charge in [-0.1, -0.05) is 27.7 Å². The van der Waals surface area contributed by atoms with E-state index < -0.39 is 0 Å². The molecule has 0 aliphatic carbocycles. The van der Waals surface area contributed by atoms with Crippen LogP contribution in [0.3, 0.4) is 0 Å². The van der Waals surface area contributed by atoms with Gasteiger partial charge in [0.1, 0.15) is 0 Å². The molecule has 2 aliphatic rings. The average molecular weight is 229 g/mol. The van der Waals surface area contributed by atoms with Crippen LogP contribution >= 0.6 is 0 Å². The monoisotopic (exact) mass is 229 g/mol. The van der Waals surface area contributed by atoms with Gasteiger partial charge in [-0.25, -0.2) is 0 Å². The van der Waals surface area contributed by atoms with Gasteiger partial charge in [0.05, 0.1) is 0 Å². The van der Waals surface area contributed by atoms with Gasteiger partial charge in [-0.3, -0.25) is 0 Å². The minimum absolute atomic E-state index is 0.920. The first-order chi connectivity index (χ1) is 7.95. The molecule has 2 saturated heterocycles. The molecule has 2 rings (SSSR count). The quantitative estimate of drug-likeness (QED) is 0.752. The van der Waals surface area contributed by atoms with Gasteiger partial charge in [0.2, 0.25) is 0 Å². The zero-order chi connectivity index (χ0) is 12.2. The Morgan fingerprint density at radius 3 is 2.06 bits per heavy atom. The van der Waals surface area contributed by atoms with Crippen LogP contribution < -0.4 is 10.6 Å². The summed E-state index contributed by atoms with van der Waals surface area (Å²) in [6, 6.07) is 0. The van der Waals surface area contributed by atoms with E-state index in [0.717, 1.165) is 5.92 Å². The molecular weight excluding hydrogens is 198 g/mol. The first kappa shape index (κ1) is 15.9. The number of piperazine rings is 1. The first-order valence-electron chi connectivity index (χ1n) is 7.09. The smallest absolute Gasteiger partial charge is 0.0107 e. The Balaban J connectivity index is 0.000000509. The van der Waals surface area contributed by atoms with Crippen molar-refractivity contribution in [2.75, 3.05) is 45.8 Å². The van der Waals surface area contributed by atoms with Gasteiger partial charge < -0.3 is 15.5 Å². The van der Waals surface area contributed by atoms with Crippen LogP contribution in [-0.2, 0) is 0 Å². The molecule has 3 nitrogen and oxygen atoms in total. The highest BCUT2D eigenvalue weighted by Crippen LogP contribution is 2.09. The van der Waals surface area contributed by atoms with Crippen LogP contribution in [0.25, 0.3) is 0 Å². The number of nitrogens with zero attached hydrogens (tertiary/aromatic N) is 1. The summed E-state index contributed by atoms with van der Waals surface area (Å²) in [4.78, 5) is 2.59. The minimum atomic E-state index is 0.920. The maximum atomic E-state index is 3.42. The second-order valence-corrected chi connectivity index (χ2v) is 3.91. The molecule has 0 unspecified atom stereocenters. The van der Waals surface area contributed by atoms with Crippen molar-refractivity contribution in [2.24, 2.45) is 5.92 Å². The van der Waals surface area contributed by atoms with Crippen molar-refractivity contribution in [1.29, 1.82) is 0 Å². The molecule has 0 amide bonds. The normalized spacial score (nSPS) is 25.1. The highest BCUT2D eigenvalue weighted by atomic mass is 15.2. The molecule has 0 aromatic heterocycles. The van der Waals surface area contributed by atoms with Crippen LogP contribution in [0.4, 0.5) is 0 Å². The van der Waals surface area contributed by atoms with E-state index in [0.29, 0.717) is 0 Å². The molecule has 0 saturated carbocycles. The number of hydrogen-bond acceptors (Lipinski definition) is 3. The van der Waals surface area contributed by atoms with Gasteiger partial charge >= 0.3 is 0 Å². The number of nitrogens with one attached hydrogen (secondary N) is 2. The Morgan fingerprint density at radius 2 is 1.56 bits per heavy atom. The lowest BCUT2D eigenvalue weighted by atomic mass is 10.1. The summed E-state index contributed by atoms with van der Waals surface area (Å²) in [7, 11) is 0. The molecule has 1 atom stereocenters. The third kappa shape index (κ3) is 6.46. The van der Waals surface area contributed by atoms with E-state index in [-0.39, 0.29) is 0 Å². The SMILES string of the molecule is C1CN(C[C@H]2CCNC2)CCN1.CC.CC. The molecule has 0 bridgehead atoms. The zero-order valence-corrected chi connectivity index (χ0v) is 11.7. The van der Waals surface area contributed by atoms with E-state index in [1.807, 2.05) is 27.7 Å². The van der Waals surface area contributed by atoms with Gasteiger partial charge in [-0.05, 0) is 25.4 Å². The molecular formula is C13H31N3. The molecule has 2 N–H and O–H groups in total. The van der Waals surface area contributed by atoms with Gasteiger partial charge in [-0.15, -0.1) is 0 Å². The van der Waals surface area contributed by atoms with Gasteiger partial charge in [0, 0.05) is 32.7 Å². The van der Waals surface area contributed by atoms with Crippen LogP contribution in [0.1, 0.15) is 34.1 Å². The fourth-order valence-corrected chi connectivity index (χ4v) is 2.13. The third-order valence-electron chi connectivity index (χ3n) is 2.89. The van der Waals surface area contributed by atoms with Crippen LogP contribution in [0.15, 0.2) is 0 Å². The van der Waals surface area contributed by atoms with Crippen LogP contribution in [-0.4, -0.2) is 50.7 Å². The van der Waals surface area contributed by atoms with Crippen molar-refractivity contribution in [3.05, 3.63) is 0 Å². The van der Waals surface area contributed by atoms with E-state index in [2.05, 4.69) is 15.5 Å². The van der Waals surface area contributed by atoms with Gasteiger partial charge in [0.25, 0.3) is 0 Å².